The molecule has 0 N–H and O–H groups in total. The maximum atomic E-state index is 13.9. The monoisotopic (exact) mass is 264 g/mol. The van der Waals surface area contributed by atoms with E-state index in [-0.39, 0.29) is 11.6 Å². The molecule has 0 atom stereocenters. The molecule has 1 heterocycles. The number of carbonyl (C=O) groups is 1. The Morgan fingerprint density at radius 3 is 2.78 bits per heavy atom. The van der Waals surface area contributed by atoms with Crippen LogP contribution in [0.4, 0.5) is 4.39 Å². The van der Waals surface area contributed by atoms with Gasteiger partial charge in [0.15, 0.2) is 5.78 Å². The Bertz CT molecular complexity index is 575. The molecule has 0 saturated carbocycles. The lowest BCUT2D eigenvalue weighted by Crippen LogP contribution is -1.91. The fraction of sp³-hybridized carbons (Fsp3) is 0.214. The van der Waals surface area contributed by atoms with Crippen LogP contribution in [0.25, 0.3) is 10.4 Å². The van der Waals surface area contributed by atoms with Gasteiger partial charge in [-0.3, -0.25) is 4.79 Å². The summed E-state index contributed by atoms with van der Waals surface area (Å²) in [6, 6.07) is 8.19. The lowest BCUT2D eigenvalue weighted by atomic mass is 10.1. The van der Waals surface area contributed by atoms with Gasteiger partial charge in [-0.05, 0) is 24.3 Å². The van der Waals surface area contributed by atoms with Crippen LogP contribution in [0.1, 0.15) is 23.0 Å². The lowest BCUT2D eigenvalue weighted by molar-refractivity contribution is 0.0992. The van der Waals surface area contributed by atoms with Gasteiger partial charge >= 0.3 is 0 Å². The van der Waals surface area contributed by atoms with Gasteiger partial charge in [-0.15, -0.1) is 11.3 Å². The summed E-state index contributed by atoms with van der Waals surface area (Å²) >= 11 is 1.29. The molecule has 18 heavy (non-hydrogen) atoms. The van der Waals surface area contributed by atoms with Gasteiger partial charge < -0.3 is 4.74 Å². The quantitative estimate of drug-likeness (QED) is 0.775. The predicted octanol–water partition coefficient (Wildman–Crippen LogP) is 4.16. The van der Waals surface area contributed by atoms with Gasteiger partial charge in [-0.25, -0.2) is 4.39 Å². The van der Waals surface area contributed by atoms with Gasteiger partial charge in [0.05, 0.1) is 17.6 Å². The summed E-state index contributed by atoms with van der Waals surface area (Å²) in [5, 5.41) is 0. The first kappa shape index (κ1) is 12.8. The number of carbonyl (C=O) groups excluding carboxylic acids is 1. The maximum Gasteiger partial charge on any atom is 0.172 e. The van der Waals surface area contributed by atoms with Crippen LogP contribution in [0.3, 0.4) is 0 Å². The highest BCUT2D eigenvalue weighted by Gasteiger charge is 2.15. The molecule has 0 saturated heterocycles. The van der Waals surface area contributed by atoms with Gasteiger partial charge in [-0.2, -0.15) is 0 Å². The minimum atomic E-state index is -0.341. The summed E-state index contributed by atoms with van der Waals surface area (Å²) in [7, 11) is 1.50. The molecular weight excluding hydrogens is 251 g/mol. The fourth-order valence-electron chi connectivity index (χ4n) is 1.71. The second-order valence-corrected chi connectivity index (χ2v) is 4.84. The number of thiophene rings is 1. The second-order valence-electron chi connectivity index (χ2n) is 3.76. The number of hydrogen-bond acceptors (Lipinski definition) is 3. The van der Waals surface area contributed by atoms with Crippen molar-refractivity contribution in [2.75, 3.05) is 7.11 Å². The first-order valence-electron chi connectivity index (χ1n) is 5.63. The molecule has 0 aliphatic heterocycles. The van der Waals surface area contributed by atoms with E-state index >= 15 is 0 Å². The van der Waals surface area contributed by atoms with Crippen molar-refractivity contribution in [2.45, 2.75) is 13.3 Å². The summed E-state index contributed by atoms with van der Waals surface area (Å²) < 4.78 is 19.0. The standard InChI is InChI=1S/C14H13FO2S/c1-3-10(16)12-7-8-13(18-12)14-9(15)5-4-6-11(14)17-2/h4-8H,3H2,1-2H3. The van der Waals surface area contributed by atoms with E-state index in [1.165, 1.54) is 24.5 Å². The summed E-state index contributed by atoms with van der Waals surface area (Å²) in [4.78, 5) is 12.9. The molecule has 1 aromatic carbocycles. The van der Waals surface area contributed by atoms with E-state index in [4.69, 9.17) is 4.74 Å². The Labute approximate surface area is 109 Å². The molecule has 0 unspecified atom stereocenters. The number of rotatable bonds is 4. The van der Waals surface area contributed by atoms with E-state index in [9.17, 15) is 9.18 Å². The van der Waals surface area contributed by atoms with Crippen LogP contribution >= 0.6 is 11.3 Å². The largest absolute Gasteiger partial charge is 0.496 e. The van der Waals surface area contributed by atoms with E-state index in [0.29, 0.717) is 27.5 Å². The number of methoxy groups -OCH3 is 1. The molecule has 2 aromatic rings. The molecule has 94 valence electrons. The Morgan fingerprint density at radius 2 is 2.11 bits per heavy atom. The molecule has 2 nitrogen and oxygen atoms in total. The number of hydrogen-bond donors (Lipinski definition) is 0. The van der Waals surface area contributed by atoms with Crippen molar-refractivity contribution in [1.82, 2.24) is 0 Å². The van der Waals surface area contributed by atoms with E-state index in [1.54, 1.807) is 24.3 Å². The summed E-state index contributed by atoms with van der Waals surface area (Å²) in [6.07, 6.45) is 0.453. The molecule has 0 aliphatic rings. The highest BCUT2D eigenvalue weighted by Crippen LogP contribution is 2.37. The van der Waals surface area contributed by atoms with Gasteiger partial charge in [0.25, 0.3) is 0 Å². The first-order valence-corrected chi connectivity index (χ1v) is 6.45. The first-order chi connectivity index (χ1) is 8.67. The van der Waals surface area contributed by atoms with Crippen molar-refractivity contribution in [1.29, 1.82) is 0 Å². The van der Waals surface area contributed by atoms with Crippen LogP contribution in [0.2, 0.25) is 0 Å². The van der Waals surface area contributed by atoms with Gasteiger partial charge in [0.2, 0.25) is 0 Å². The third-order valence-corrected chi connectivity index (χ3v) is 3.79. The van der Waals surface area contributed by atoms with Gasteiger partial charge in [-0.1, -0.05) is 13.0 Å². The zero-order valence-electron chi connectivity index (χ0n) is 10.2. The third kappa shape index (κ3) is 2.29. The Morgan fingerprint density at radius 1 is 1.33 bits per heavy atom. The maximum absolute atomic E-state index is 13.9. The van der Waals surface area contributed by atoms with Crippen molar-refractivity contribution in [3.63, 3.8) is 0 Å². The average Bonchev–Trinajstić information content (AvgIpc) is 2.86. The molecule has 0 bridgehead atoms. The van der Waals surface area contributed by atoms with Crippen LogP contribution < -0.4 is 4.74 Å². The molecule has 0 spiro atoms. The molecule has 2 rings (SSSR count). The van der Waals surface area contributed by atoms with E-state index in [1.807, 2.05) is 6.92 Å². The number of Topliss-reactive ketones (excluding diaryl/α,β-unsaturated/α-hetero) is 1. The Balaban J connectivity index is 2.49. The van der Waals surface area contributed by atoms with E-state index in [2.05, 4.69) is 0 Å². The van der Waals surface area contributed by atoms with E-state index < -0.39 is 0 Å². The van der Waals surface area contributed by atoms with Crippen LogP contribution in [-0.2, 0) is 0 Å². The van der Waals surface area contributed by atoms with Crippen LogP contribution in [0.15, 0.2) is 30.3 Å². The normalized spacial score (nSPS) is 10.4. The highest BCUT2D eigenvalue weighted by atomic mass is 32.1. The molecule has 0 amide bonds. The highest BCUT2D eigenvalue weighted by molar-refractivity contribution is 7.17. The smallest absolute Gasteiger partial charge is 0.172 e. The average molecular weight is 264 g/mol. The summed E-state index contributed by atoms with van der Waals surface area (Å²) in [6.45, 7) is 1.81. The number of benzene rings is 1. The second kappa shape index (κ2) is 5.31. The molecule has 1 aromatic heterocycles. The van der Waals surface area contributed by atoms with Crippen molar-refractivity contribution >= 4 is 17.1 Å². The minimum absolute atomic E-state index is 0.0709. The van der Waals surface area contributed by atoms with Crippen molar-refractivity contribution < 1.29 is 13.9 Å². The zero-order chi connectivity index (χ0) is 13.1. The minimum Gasteiger partial charge on any atom is -0.496 e. The lowest BCUT2D eigenvalue weighted by Gasteiger charge is -2.07. The molecular formula is C14H13FO2S. The SMILES string of the molecule is CCC(=O)c1ccc(-c2c(F)cccc2OC)s1. The fourth-order valence-corrected chi connectivity index (χ4v) is 2.78. The summed E-state index contributed by atoms with van der Waals surface area (Å²) in [5.41, 5.74) is 0.417. The molecule has 0 fully saturated rings. The molecule has 0 aliphatic carbocycles. The predicted molar refractivity (Wildman–Crippen MR) is 70.9 cm³/mol. The summed E-state index contributed by atoms with van der Waals surface area (Å²) in [5.74, 6) is 0.209. The molecule has 4 heteroatoms. The Kier molecular flexibility index (Phi) is 3.77. The third-order valence-electron chi connectivity index (χ3n) is 2.64. The van der Waals surface area contributed by atoms with Crippen LogP contribution in [-0.4, -0.2) is 12.9 Å². The van der Waals surface area contributed by atoms with Crippen LogP contribution in [0.5, 0.6) is 5.75 Å². The number of ketones is 1. The van der Waals surface area contributed by atoms with E-state index in [0.717, 1.165) is 0 Å². The van der Waals surface area contributed by atoms with Crippen LogP contribution in [0, 0.1) is 5.82 Å². The topological polar surface area (TPSA) is 26.3 Å². The van der Waals surface area contributed by atoms with Crippen molar-refractivity contribution in [3.05, 3.63) is 41.0 Å². The number of halogens is 1. The van der Waals surface area contributed by atoms with Crippen molar-refractivity contribution in [2.24, 2.45) is 0 Å². The zero-order valence-corrected chi connectivity index (χ0v) is 11.0. The molecule has 0 radical (unpaired) electrons. The Hall–Kier alpha value is -1.68. The van der Waals surface area contributed by atoms with Crippen molar-refractivity contribution in [3.8, 4) is 16.2 Å². The van der Waals surface area contributed by atoms with Gasteiger partial charge in [0.1, 0.15) is 11.6 Å². The number of ether oxygens (including phenoxy) is 1. The van der Waals surface area contributed by atoms with Gasteiger partial charge in [0, 0.05) is 11.3 Å².